The van der Waals surface area contributed by atoms with Gasteiger partial charge in [0.25, 0.3) is 0 Å². The molecule has 0 bridgehead atoms. The number of ether oxygens (including phenoxy) is 1. The van der Waals surface area contributed by atoms with E-state index in [0.717, 1.165) is 5.56 Å². The lowest BCUT2D eigenvalue weighted by Gasteiger charge is -2.36. The molecule has 0 saturated heterocycles. The molecule has 0 aromatic heterocycles. The third kappa shape index (κ3) is 7.49. The Morgan fingerprint density at radius 3 is 2.21 bits per heavy atom. The minimum atomic E-state index is -0.942. The Hall–Kier alpha value is -2.04. The second-order valence-corrected chi connectivity index (χ2v) is 7.74. The van der Waals surface area contributed by atoms with Crippen LogP contribution in [-0.4, -0.2) is 28.3 Å². The monoisotopic (exact) mass is 335 g/mol. The summed E-state index contributed by atoms with van der Waals surface area (Å²) in [5.41, 5.74) is -0.539. The molecule has 0 saturated carbocycles. The van der Waals surface area contributed by atoms with Crippen molar-refractivity contribution in [1.29, 1.82) is 0 Å². The van der Waals surface area contributed by atoms with E-state index < -0.39 is 23.2 Å². The normalized spacial score (nSPS) is 14.1. The topological polar surface area (TPSA) is 75.6 Å². The maximum atomic E-state index is 12.3. The minimum Gasteiger partial charge on any atom is -0.481 e. The Bertz CT molecular complexity index is 548. The predicted molar refractivity (Wildman–Crippen MR) is 94.0 cm³/mol. The molecule has 1 amide bonds. The zero-order valence-corrected chi connectivity index (χ0v) is 15.3. The number of nitrogens with one attached hydrogen (secondary N) is 1. The van der Waals surface area contributed by atoms with Crippen molar-refractivity contribution in [3.8, 4) is 0 Å². The summed E-state index contributed by atoms with van der Waals surface area (Å²) in [6.07, 6.45) is 0.255. The van der Waals surface area contributed by atoms with E-state index in [-0.39, 0.29) is 12.3 Å². The Balaban J connectivity index is 3.09. The molecular weight excluding hydrogens is 306 g/mol. The largest absolute Gasteiger partial charge is 0.481 e. The molecule has 0 radical (unpaired) electrons. The molecule has 0 fully saturated rings. The van der Waals surface area contributed by atoms with Crippen molar-refractivity contribution in [3.63, 3.8) is 0 Å². The molecule has 5 nitrogen and oxygen atoms in total. The lowest BCUT2D eigenvalue weighted by molar-refractivity contribution is -0.138. The molecule has 0 aliphatic carbocycles. The van der Waals surface area contributed by atoms with Gasteiger partial charge in [0.05, 0.1) is 12.0 Å². The molecule has 1 aromatic rings. The number of rotatable bonds is 7. The van der Waals surface area contributed by atoms with Crippen molar-refractivity contribution in [2.75, 3.05) is 0 Å². The van der Waals surface area contributed by atoms with E-state index in [0.29, 0.717) is 12.8 Å². The Labute approximate surface area is 144 Å². The van der Waals surface area contributed by atoms with E-state index in [1.165, 1.54) is 0 Å². The number of benzene rings is 1. The summed E-state index contributed by atoms with van der Waals surface area (Å²) in [5.74, 6) is -0.717. The highest BCUT2D eigenvalue weighted by Crippen LogP contribution is 2.27. The highest BCUT2D eigenvalue weighted by atomic mass is 16.6. The van der Waals surface area contributed by atoms with Crippen LogP contribution in [-0.2, 0) is 16.0 Å². The van der Waals surface area contributed by atoms with E-state index in [2.05, 4.69) is 5.32 Å². The smallest absolute Gasteiger partial charge is 0.408 e. The van der Waals surface area contributed by atoms with Crippen LogP contribution in [0.15, 0.2) is 30.3 Å². The molecule has 1 rings (SSSR count). The van der Waals surface area contributed by atoms with Gasteiger partial charge in [-0.15, -0.1) is 0 Å². The quantitative estimate of drug-likeness (QED) is 0.789. The summed E-state index contributed by atoms with van der Waals surface area (Å²) in [4.78, 5) is 23.8. The number of carboxylic acids is 1. The van der Waals surface area contributed by atoms with E-state index in [9.17, 15) is 14.7 Å². The van der Waals surface area contributed by atoms with Crippen LogP contribution >= 0.6 is 0 Å². The fourth-order valence-corrected chi connectivity index (χ4v) is 2.92. The van der Waals surface area contributed by atoms with Crippen molar-refractivity contribution in [2.45, 2.75) is 65.0 Å². The number of hydrogen-bond donors (Lipinski definition) is 2. The number of alkyl carbamates (subject to hydrolysis) is 1. The molecule has 5 heteroatoms. The van der Waals surface area contributed by atoms with E-state index in [4.69, 9.17) is 4.74 Å². The Morgan fingerprint density at radius 1 is 1.17 bits per heavy atom. The first-order valence-corrected chi connectivity index (χ1v) is 8.28. The fourth-order valence-electron chi connectivity index (χ4n) is 2.92. The summed E-state index contributed by atoms with van der Waals surface area (Å²) in [6, 6.07) is 9.60. The lowest BCUT2D eigenvalue weighted by Crippen LogP contribution is -2.53. The van der Waals surface area contributed by atoms with Gasteiger partial charge in [-0.2, -0.15) is 0 Å². The first kappa shape index (κ1) is 20.0. The maximum absolute atomic E-state index is 12.3. The fraction of sp³-hybridized carbons (Fsp3) is 0.579. The van der Waals surface area contributed by atoms with Gasteiger partial charge >= 0.3 is 12.1 Å². The van der Waals surface area contributed by atoms with Crippen molar-refractivity contribution >= 4 is 12.1 Å². The van der Waals surface area contributed by atoms with Crippen LogP contribution in [0.1, 0.15) is 53.0 Å². The van der Waals surface area contributed by atoms with E-state index in [1.807, 2.05) is 44.2 Å². The van der Waals surface area contributed by atoms with E-state index in [1.54, 1.807) is 20.8 Å². The summed E-state index contributed by atoms with van der Waals surface area (Å²) < 4.78 is 5.35. The Morgan fingerprint density at radius 2 is 1.75 bits per heavy atom. The molecular formula is C19H29NO4. The van der Waals surface area contributed by atoms with Crippen molar-refractivity contribution in [1.82, 2.24) is 5.32 Å². The molecule has 1 atom stereocenters. The van der Waals surface area contributed by atoms with Crippen LogP contribution in [0.2, 0.25) is 0 Å². The van der Waals surface area contributed by atoms with Crippen molar-refractivity contribution < 1.29 is 19.4 Å². The van der Waals surface area contributed by atoms with E-state index >= 15 is 0 Å². The van der Waals surface area contributed by atoms with Crippen LogP contribution in [0, 0.1) is 5.92 Å². The average Bonchev–Trinajstić information content (AvgIpc) is 2.34. The SMILES string of the molecule is CC(C)C[C@@](CC(=O)O)(Cc1ccccc1)NC(=O)OC(C)(C)C. The zero-order valence-electron chi connectivity index (χ0n) is 15.3. The molecule has 0 aliphatic heterocycles. The number of aliphatic carboxylic acids is 1. The van der Waals surface area contributed by atoms with Crippen LogP contribution in [0.5, 0.6) is 0 Å². The lowest BCUT2D eigenvalue weighted by atomic mass is 9.80. The second kappa shape index (κ2) is 8.18. The summed E-state index contributed by atoms with van der Waals surface area (Å²) >= 11 is 0. The van der Waals surface area contributed by atoms with Crippen LogP contribution < -0.4 is 5.32 Å². The number of carbonyl (C=O) groups excluding carboxylic acids is 1. The maximum Gasteiger partial charge on any atom is 0.408 e. The average molecular weight is 335 g/mol. The van der Waals surface area contributed by atoms with Gasteiger partial charge in [-0.1, -0.05) is 44.2 Å². The highest BCUT2D eigenvalue weighted by Gasteiger charge is 2.37. The molecule has 0 aliphatic rings. The molecule has 134 valence electrons. The van der Waals surface area contributed by atoms with Crippen LogP contribution in [0.3, 0.4) is 0 Å². The third-order valence-electron chi connectivity index (χ3n) is 3.44. The van der Waals surface area contributed by atoms with Crippen molar-refractivity contribution in [2.24, 2.45) is 5.92 Å². The van der Waals surface area contributed by atoms with Gasteiger partial charge in [0.15, 0.2) is 0 Å². The highest BCUT2D eigenvalue weighted by molar-refractivity contribution is 5.73. The molecule has 0 heterocycles. The molecule has 2 N–H and O–H groups in total. The molecule has 0 spiro atoms. The number of carbonyl (C=O) groups is 2. The number of hydrogen-bond acceptors (Lipinski definition) is 3. The van der Waals surface area contributed by atoms with Gasteiger partial charge in [0.1, 0.15) is 5.60 Å². The standard InChI is InChI=1S/C19H29NO4/c1-14(2)11-19(13-16(21)22,12-15-9-7-6-8-10-15)20-17(23)24-18(3,4)5/h6-10,14H,11-13H2,1-5H3,(H,20,23)(H,21,22)/t19-/m0/s1. The van der Waals surface area contributed by atoms with Crippen LogP contribution in [0.4, 0.5) is 4.79 Å². The Kier molecular flexibility index (Phi) is 6.81. The van der Waals surface area contributed by atoms with Gasteiger partial charge in [0.2, 0.25) is 0 Å². The summed E-state index contributed by atoms with van der Waals surface area (Å²) in [6.45, 7) is 9.37. The summed E-state index contributed by atoms with van der Waals surface area (Å²) in [7, 11) is 0. The molecule has 24 heavy (non-hydrogen) atoms. The van der Waals surface area contributed by atoms with Crippen LogP contribution in [0.25, 0.3) is 0 Å². The van der Waals surface area contributed by atoms with Gasteiger partial charge in [-0.3, -0.25) is 4.79 Å². The third-order valence-corrected chi connectivity index (χ3v) is 3.44. The van der Waals surface area contributed by atoms with Gasteiger partial charge in [-0.05, 0) is 45.1 Å². The second-order valence-electron chi connectivity index (χ2n) is 7.74. The molecule has 1 aromatic carbocycles. The minimum absolute atomic E-state index is 0.153. The predicted octanol–water partition coefficient (Wildman–Crippen LogP) is 4.01. The summed E-state index contributed by atoms with van der Waals surface area (Å²) in [5, 5.41) is 12.2. The van der Waals surface area contributed by atoms with Crippen molar-refractivity contribution in [3.05, 3.63) is 35.9 Å². The zero-order chi connectivity index (χ0) is 18.4. The van der Waals surface area contributed by atoms with Gasteiger partial charge in [-0.25, -0.2) is 4.79 Å². The number of carboxylic acid groups (broad SMARTS) is 1. The van der Waals surface area contributed by atoms with Gasteiger partial charge < -0.3 is 15.2 Å². The first-order chi connectivity index (χ1) is 11.0. The first-order valence-electron chi connectivity index (χ1n) is 8.28. The number of amides is 1. The van der Waals surface area contributed by atoms with Gasteiger partial charge in [0, 0.05) is 0 Å². The molecule has 0 unspecified atom stereocenters.